The number of nitrogens with one attached hydrogen (secondary N) is 1. The molecule has 0 radical (unpaired) electrons. The Morgan fingerprint density at radius 3 is 2.67 bits per heavy atom. The van der Waals surface area contributed by atoms with Gasteiger partial charge >= 0.3 is 6.03 Å². The number of aryl methyl sites for hydroxylation is 1. The van der Waals surface area contributed by atoms with Crippen molar-refractivity contribution in [2.45, 2.75) is 24.2 Å². The molecule has 0 saturated heterocycles. The summed E-state index contributed by atoms with van der Waals surface area (Å²) < 4.78 is 22.9. The van der Waals surface area contributed by atoms with Gasteiger partial charge in [0.2, 0.25) is 0 Å². The fraction of sp³-hybridized carbons (Fsp3) is 0.294. The van der Waals surface area contributed by atoms with Crippen molar-refractivity contribution in [3.63, 3.8) is 0 Å². The van der Waals surface area contributed by atoms with Gasteiger partial charge < -0.3 is 0 Å². The number of hydrogen-bond donors (Lipinski definition) is 1. The summed E-state index contributed by atoms with van der Waals surface area (Å²) in [5.41, 5.74) is 2.07. The highest BCUT2D eigenvalue weighted by atomic mass is 32.2. The van der Waals surface area contributed by atoms with Crippen LogP contribution in [-0.2, 0) is 16.3 Å². The summed E-state index contributed by atoms with van der Waals surface area (Å²) in [4.78, 5) is 18.5. The number of anilines is 2. The van der Waals surface area contributed by atoms with Crippen LogP contribution in [0, 0.1) is 0 Å². The summed E-state index contributed by atoms with van der Waals surface area (Å²) in [5, 5.41) is 2.74. The third kappa shape index (κ3) is 3.56. The molecule has 1 N–H and O–H groups in total. The normalized spacial score (nSPS) is 14.6. The van der Waals surface area contributed by atoms with Gasteiger partial charge in [-0.15, -0.1) is 0 Å². The zero-order valence-electron chi connectivity index (χ0n) is 13.4. The number of urea groups is 1. The van der Waals surface area contributed by atoms with Crippen LogP contribution in [0.3, 0.4) is 0 Å². The minimum Gasteiger partial charge on any atom is -0.294 e. The van der Waals surface area contributed by atoms with Crippen LogP contribution in [-0.4, -0.2) is 32.2 Å². The van der Waals surface area contributed by atoms with E-state index in [1.54, 1.807) is 4.90 Å². The van der Waals surface area contributed by atoms with E-state index in [0.717, 1.165) is 36.8 Å². The predicted octanol–water partition coefficient (Wildman–Crippen LogP) is 2.86. The van der Waals surface area contributed by atoms with E-state index in [-0.39, 0.29) is 10.9 Å². The summed E-state index contributed by atoms with van der Waals surface area (Å²) in [5.74, 6) is 0.328. The molecule has 1 aliphatic heterocycles. The number of nitrogens with zero attached hydrogens (tertiary/aromatic N) is 2. The first-order chi connectivity index (χ1) is 11.4. The average molecular weight is 345 g/mol. The van der Waals surface area contributed by atoms with Crippen LogP contribution < -0.4 is 10.2 Å². The number of para-hydroxylation sites is 1. The molecule has 1 aliphatic rings. The van der Waals surface area contributed by atoms with Crippen molar-refractivity contribution >= 4 is 27.4 Å². The SMILES string of the molecule is CS(=O)(=O)c1ccc(NC(=O)N2CCCCc3ccccc32)nc1. The standard InChI is InChI=1S/C17H19N3O3S/c1-24(22,23)14-9-10-16(18-12-14)19-17(21)20-11-5-4-7-13-6-2-3-8-15(13)20/h2-3,6,8-10,12H,4-5,7,11H2,1H3,(H,18,19,21). The van der Waals surface area contributed by atoms with Crippen LogP contribution in [0.4, 0.5) is 16.3 Å². The number of sulfone groups is 1. The van der Waals surface area contributed by atoms with E-state index in [2.05, 4.69) is 10.3 Å². The molecule has 0 atom stereocenters. The van der Waals surface area contributed by atoms with E-state index in [0.29, 0.717) is 12.4 Å². The maximum atomic E-state index is 12.6. The molecule has 6 nitrogen and oxygen atoms in total. The Hall–Kier alpha value is -2.41. The molecule has 1 aromatic carbocycles. The summed E-state index contributed by atoms with van der Waals surface area (Å²) in [6.07, 6.45) is 5.31. The lowest BCUT2D eigenvalue weighted by atomic mass is 10.1. The van der Waals surface area contributed by atoms with E-state index < -0.39 is 9.84 Å². The van der Waals surface area contributed by atoms with E-state index in [4.69, 9.17) is 0 Å². The molecule has 0 spiro atoms. The summed E-state index contributed by atoms with van der Waals surface area (Å²) in [6, 6.07) is 10.6. The molecule has 1 aromatic heterocycles. The fourth-order valence-corrected chi connectivity index (χ4v) is 3.31. The number of carbonyl (C=O) groups excluding carboxylic acids is 1. The van der Waals surface area contributed by atoms with Crippen molar-refractivity contribution in [3.8, 4) is 0 Å². The summed E-state index contributed by atoms with van der Waals surface area (Å²) in [7, 11) is -3.30. The minimum absolute atomic E-state index is 0.126. The van der Waals surface area contributed by atoms with Crippen LogP contribution in [0.25, 0.3) is 0 Å². The van der Waals surface area contributed by atoms with Crippen LogP contribution >= 0.6 is 0 Å². The Balaban J connectivity index is 1.80. The lowest BCUT2D eigenvalue weighted by molar-refractivity contribution is 0.257. The molecule has 0 bridgehead atoms. The number of benzene rings is 1. The third-order valence-electron chi connectivity index (χ3n) is 4.00. The van der Waals surface area contributed by atoms with E-state index in [9.17, 15) is 13.2 Å². The highest BCUT2D eigenvalue weighted by Gasteiger charge is 2.21. The highest BCUT2D eigenvalue weighted by molar-refractivity contribution is 7.90. The molecule has 2 aromatic rings. The number of carbonyl (C=O) groups is 1. The van der Waals surface area contributed by atoms with Gasteiger partial charge in [0.1, 0.15) is 5.82 Å². The first kappa shape index (κ1) is 16.4. The number of hydrogen-bond acceptors (Lipinski definition) is 4. The number of rotatable bonds is 2. The lowest BCUT2D eigenvalue weighted by Gasteiger charge is -2.23. The Labute approximate surface area is 141 Å². The quantitative estimate of drug-likeness (QED) is 0.908. The molecule has 3 rings (SSSR count). The van der Waals surface area contributed by atoms with Crippen LogP contribution in [0.5, 0.6) is 0 Å². The largest absolute Gasteiger partial charge is 0.327 e. The Morgan fingerprint density at radius 1 is 1.17 bits per heavy atom. The van der Waals surface area contributed by atoms with Crippen molar-refractivity contribution < 1.29 is 13.2 Å². The van der Waals surface area contributed by atoms with Gasteiger partial charge in [-0.2, -0.15) is 0 Å². The smallest absolute Gasteiger partial charge is 0.294 e. The molecule has 7 heteroatoms. The Kier molecular flexibility index (Phi) is 4.53. The topological polar surface area (TPSA) is 79.4 Å². The van der Waals surface area contributed by atoms with Gasteiger partial charge in [-0.1, -0.05) is 18.2 Å². The third-order valence-corrected chi connectivity index (χ3v) is 5.10. The van der Waals surface area contributed by atoms with Crippen molar-refractivity contribution in [3.05, 3.63) is 48.2 Å². The van der Waals surface area contributed by atoms with Gasteiger partial charge in [0.15, 0.2) is 9.84 Å². The Morgan fingerprint density at radius 2 is 1.96 bits per heavy atom. The van der Waals surface area contributed by atoms with Gasteiger partial charge in [-0.25, -0.2) is 18.2 Å². The van der Waals surface area contributed by atoms with Crippen LogP contribution in [0.15, 0.2) is 47.5 Å². The molecule has 0 aliphatic carbocycles. The molecular formula is C17H19N3O3S. The number of aromatic nitrogens is 1. The zero-order chi connectivity index (χ0) is 17.2. The van der Waals surface area contributed by atoms with E-state index in [1.807, 2.05) is 24.3 Å². The fourth-order valence-electron chi connectivity index (χ4n) is 2.75. The van der Waals surface area contributed by atoms with Crippen molar-refractivity contribution in [2.24, 2.45) is 0 Å². The first-order valence-electron chi connectivity index (χ1n) is 7.78. The molecule has 2 heterocycles. The maximum Gasteiger partial charge on any atom is 0.327 e. The van der Waals surface area contributed by atoms with Crippen LogP contribution in [0.2, 0.25) is 0 Å². The second-order valence-corrected chi connectivity index (χ2v) is 7.83. The molecule has 0 unspecified atom stereocenters. The minimum atomic E-state index is -3.30. The highest BCUT2D eigenvalue weighted by Crippen LogP contribution is 2.26. The van der Waals surface area contributed by atoms with Crippen LogP contribution in [0.1, 0.15) is 18.4 Å². The van der Waals surface area contributed by atoms with Gasteiger partial charge in [0.25, 0.3) is 0 Å². The molecule has 0 fully saturated rings. The molecule has 126 valence electrons. The number of pyridine rings is 1. The van der Waals surface area contributed by atoms with Gasteiger partial charge in [0.05, 0.1) is 4.90 Å². The molecule has 0 saturated carbocycles. The first-order valence-corrected chi connectivity index (χ1v) is 9.67. The number of fused-ring (bicyclic) bond motifs is 1. The maximum absolute atomic E-state index is 12.6. The number of amides is 2. The zero-order valence-corrected chi connectivity index (χ0v) is 14.2. The van der Waals surface area contributed by atoms with Crippen molar-refractivity contribution in [2.75, 3.05) is 23.0 Å². The summed E-state index contributed by atoms with van der Waals surface area (Å²) in [6.45, 7) is 0.643. The monoisotopic (exact) mass is 345 g/mol. The second kappa shape index (κ2) is 6.60. The molecule has 2 amide bonds. The molecule has 24 heavy (non-hydrogen) atoms. The Bertz CT molecular complexity index is 848. The van der Waals surface area contributed by atoms with Gasteiger partial charge in [0, 0.05) is 24.7 Å². The van der Waals surface area contributed by atoms with Gasteiger partial charge in [-0.05, 0) is 43.0 Å². The van der Waals surface area contributed by atoms with Crippen molar-refractivity contribution in [1.29, 1.82) is 0 Å². The van der Waals surface area contributed by atoms with Crippen molar-refractivity contribution in [1.82, 2.24) is 4.98 Å². The summed E-state index contributed by atoms with van der Waals surface area (Å²) >= 11 is 0. The average Bonchev–Trinajstić information content (AvgIpc) is 2.77. The second-order valence-electron chi connectivity index (χ2n) is 5.82. The van der Waals surface area contributed by atoms with Gasteiger partial charge in [-0.3, -0.25) is 10.2 Å². The predicted molar refractivity (Wildman–Crippen MR) is 93.1 cm³/mol. The van der Waals surface area contributed by atoms with E-state index in [1.165, 1.54) is 18.3 Å². The molecular weight excluding hydrogens is 326 g/mol. The lowest BCUT2D eigenvalue weighted by Crippen LogP contribution is -2.35. The van der Waals surface area contributed by atoms with E-state index >= 15 is 0 Å².